The van der Waals surface area contributed by atoms with Gasteiger partial charge in [-0.3, -0.25) is 0 Å². The van der Waals surface area contributed by atoms with Gasteiger partial charge in [0.05, 0.1) is 6.61 Å². The van der Waals surface area contributed by atoms with Crippen LogP contribution in [0.4, 0.5) is 0 Å². The van der Waals surface area contributed by atoms with Crippen LogP contribution in [0.1, 0.15) is 109 Å². The molecule has 0 amide bonds. The van der Waals surface area contributed by atoms with E-state index in [0.29, 0.717) is 0 Å². The average molecular weight is 435 g/mol. The zero-order chi connectivity index (χ0) is 22.4. The van der Waals surface area contributed by atoms with Crippen LogP contribution in [0.3, 0.4) is 0 Å². The van der Waals surface area contributed by atoms with Gasteiger partial charge in [0.25, 0.3) is 0 Å². The number of ether oxygens (including phenoxy) is 1. The Kier molecular flexibility index (Phi) is 11.3. The molecule has 1 aromatic rings. The van der Waals surface area contributed by atoms with Crippen LogP contribution in [0.2, 0.25) is 0 Å². The molecule has 2 saturated carbocycles. The van der Waals surface area contributed by atoms with Crippen LogP contribution < -0.4 is 4.74 Å². The maximum atomic E-state index is 5.63. The summed E-state index contributed by atoms with van der Waals surface area (Å²) in [6.45, 7) is 5.23. The molecule has 3 rings (SSSR count). The van der Waals surface area contributed by atoms with Crippen LogP contribution in [-0.2, 0) is 0 Å². The van der Waals surface area contributed by atoms with Gasteiger partial charge in [-0.05, 0) is 86.1 Å². The Morgan fingerprint density at radius 1 is 0.781 bits per heavy atom. The second kappa shape index (κ2) is 14.5. The summed E-state index contributed by atoms with van der Waals surface area (Å²) in [5.41, 5.74) is 1.06. The second-order valence-corrected chi connectivity index (χ2v) is 10.4. The molecular weight excluding hydrogens is 388 g/mol. The molecule has 2 aliphatic carbocycles. The molecular formula is C31H46O. The fourth-order valence-corrected chi connectivity index (χ4v) is 5.61. The van der Waals surface area contributed by atoms with Crippen molar-refractivity contribution in [3.63, 3.8) is 0 Å². The number of unbranched alkanes of at least 4 members (excludes halogenated alkanes) is 1. The highest BCUT2D eigenvalue weighted by Crippen LogP contribution is 2.37. The van der Waals surface area contributed by atoms with E-state index in [1.54, 1.807) is 0 Å². The number of allylic oxidation sites excluding steroid dienone is 2. The Morgan fingerprint density at radius 2 is 1.38 bits per heavy atom. The Balaban J connectivity index is 1.29. The van der Waals surface area contributed by atoms with E-state index in [9.17, 15) is 0 Å². The third-order valence-corrected chi connectivity index (χ3v) is 7.80. The summed E-state index contributed by atoms with van der Waals surface area (Å²) in [6, 6.07) is 8.13. The van der Waals surface area contributed by atoms with Crippen LogP contribution in [0.5, 0.6) is 5.75 Å². The topological polar surface area (TPSA) is 9.23 Å². The summed E-state index contributed by atoms with van der Waals surface area (Å²) in [5, 5.41) is 0. The molecule has 0 aromatic heterocycles. The number of rotatable bonds is 10. The molecule has 0 aliphatic heterocycles. The lowest BCUT2D eigenvalue weighted by atomic mass is 9.75. The highest BCUT2D eigenvalue weighted by atomic mass is 16.5. The molecule has 176 valence electrons. The smallest absolute Gasteiger partial charge is 0.119 e. The van der Waals surface area contributed by atoms with Crippen molar-refractivity contribution in [2.45, 2.75) is 104 Å². The van der Waals surface area contributed by atoms with Crippen molar-refractivity contribution >= 4 is 0 Å². The molecule has 0 bridgehead atoms. The van der Waals surface area contributed by atoms with E-state index in [4.69, 9.17) is 4.74 Å². The zero-order valence-electron chi connectivity index (χ0n) is 20.8. The fraction of sp³-hybridized carbons (Fsp3) is 0.677. The van der Waals surface area contributed by atoms with Crippen molar-refractivity contribution in [1.29, 1.82) is 0 Å². The van der Waals surface area contributed by atoms with Gasteiger partial charge >= 0.3 is 0 Å². The number of benzene rings is 1. The molecule has 1 heteroatoms. The van der Waals surface area contributed by atoms with E-state index in [-0.39, 0.29) is 0 Å². The highest BCUT2D eigenvalue weighted by Gasteiger charge is 2.23. The average Bonchev–Trinajstić information content (AvgIpc) is 2.85. The standard InChI is InChI=1S/C31H46O/c1-3-5-8-26-11-15-29(16-12-26)19-20-30-17-13-27(14-18-30)9-6-7-10-28-21-23-31(24-22-28)32-25-4-2/h6,9,21-24,26-27,29-30H,3-5,8,11-20,25H2,1-2H3. The molecule has 0 N–H and O–H groups in total. The van der Waals surface area contributed by atoms with E-state index in [1.165, 1.54) is 83.5 Å². The summed E-state index contributed by atoms with van der Waals surface area (Å²) in [4.78, 5) is 0. The molecule has 0 spiro atoms. The monoisotopic (exact) mass is 434 g/mol. The Morgan fingerprint density at radius 3 is 1.97 bits per heavy atom. The summed E-state index contributed by atoms with van der Waals surface area (Å²) in [7, 11) is 0. The Hall–Kier alpha value is -1.68. The lowest BCUT2D eigenvalue weighted by molar-refractivity contribution is 0.220. The minimum atomic E-state index is 0.736. The summed E-state index contributed by atoms with van der Waals surface area (Å²) in [6.07, 6.45) is 24.4. The maximum absolute atomic E-state index is 5.63. The van der Waals surface area contributed by atoms with Gasteiger partial charge in [-0.2, -0.15) is 0 Å². The third kappa shape index (κ3) is 9.05. The largest absolute Gasteiger partial charge is 0.494 e. The molecule has 0 saturated heterocycles. The number of hydrogen-bond acceptors (Lipinski definition) is 1. The molecule has 32 heavy (non-hydrogen) atoms. The Bertz CT molecular complexity index is 703. The van der Waals surface area contributed by atoms with Crippen molar-refractivity contribution in [3.05, 3.63) is 42.0 Å². The van der Waals surface area contributed by atoms with Crippen LogP contribution in [-0.4, -0.2) is 6.61 Å². The van der Waals surface area contributed by atoms with E-state index in [0.717, 1.165) is 48.0 Å². The van der Waals surface area contributed by atoms with Crippen molar-refractivity contribution in [2.24, 2.45) is 23.7 Å². The van der Waals surface area contributed by atoms with Gasteiger partial charge in [-0.15, -0.1) is 0 Å². The van der Waals surface area contributed by atoms with Gasteiger partial charge in [0.15, 0.2) is 0 Å². The SMILES string of the molecule is CCCCC1CCC(CCC2CCC(C=CC#Cc3ccc(OCCC)cc3)CC2)CC1. The van der Waals surface area contributed by atoms with Gasteiger partial charge in [-0.25, -0.2) is 0 Å². The molecule has 0 heterocycles. The first kappa shape index (κ1) is 25.0. The van der Waals surface area contributed by atoms with Crippen LogP contribution in [0.15, 0.2) is 36.4 Å². The Labute approximate surface area is 198 Å². The van der Waals surface area contributed by atoms with Crippen molar-refractivity contribution in [1.82, 2.24) is 0 Å². The molecule has 0 unspecified atom stereocenters. The van der Waals surface area contributed by atoms with E-state index >= 15 is 0 Å². The predicted octanol–water partition coefficient (Wildman–Crippen LogP) is 8.97. The molecule has 1 aromatic carbocycles. The van der Waals surface area contributed by atoms with E-state index in [2.05, 4.69) is 50.0 Å². The maximum Gasteiger partial charge on any atom is 0.119 e. The minimum absolute atomic E-state index is 0.736. The molecule has 2 aliphatic rings. The molecule has 2 fully saturated rings. The van der Waals surface area contributed by atoms with Gasteiger partial charge in [0, 0.05) is 5.56 Å². The third-order valence-electron chi connectivity index (χ3n) is 7.80. The summed E-state index contributed by atoms with van der Waals surface area (Å²) >= 11 is 0. The van der Waals surface area contributed by atoms with Crippen LogP contribution in [0, 0.1) is 35.5 Å². The van der Waals surface area contributed by atoms with Gasteiger partial charge < -0.3 is 4.74 Å². The van der Waals surface area contributed by atoms with Crippen LogP contribution >= 0.6 is 0 Å². The summed E-state index contributed by atoms with van der Waals surface area (Å²) < 4.78 is 5.63. The van der Waals surface area contributed by atoms with E-state index < -0.39 is 0 Å². The zero-order valence-corrected chi connectivity index (χ0v) is 20.8. The lowest BCUT2D eigenvalue weighted by Crippen LogP contribution is -2.17. The first-order chi connectivity index (χ1) is 15.8. The normalized spacial score (nSPS) is 25.9. The second-order valence-electron chi connectivity index (χ2n) is 10.4. The first-order valence-corrected chi connectivity index (χ1v) is 13.7. The van der Waals surface area contributed by atoms with Crippen molar-refractivity contribution in [2.75, 3.05) is 6.61 Å². The van der Waals surface area contributed by atoms with Crippen LogP contribution in [0.25, 0.3) is 0 Å². The lowest BCUT2D eigenvalue weighted by Gasteiger charge is -2.31. The minimum Gasteiger partial charge on any atom is -0.494 e. The fourth-order valence-electron chi connectivity index (χ4n) is 5.61. The van der Waals surface area contributed by atoms with Crippen molar-refractivity contribution in [3.8, 4) is 17.6 Å². The van der Waals surface area contributed by atoms with Gasteiger partial charge in [-0.1, -0.05) is 89.6 Å². The van der Waals surface area contributed by atoms with E-state index in [1.807, 2.05) is 12.1 Å². The van der Waals surface area contributed by atoms with Crippen molar-refractivity contribution < 1.29 is 4.74 Å². The quantitative estimate of drug-likeness (QED) is 0.334. The first-order valence-electron chi connectivity index (χ1n) is 13.7. The van der Waals surface area contributed by atoms with Gasteiger partial charge in [0.1, 0.15) is 5.75 Å². The molecule has 1 nitrogen and oxygen atoms in total. The molecule has 0 radical (unpaired) electrons. The predicted molar refractivity (Wildman–Crippen MR) is 138 cm³/mol. The highest BCUT2D eigenvalue weighted by molar-refractivity contribution is 5.40. The van der Waals surface area contributed by atoms with Gasteiger partial charge in [0.2, 0.25) is 0 Å². The number of hydrogen-bond donors (Lipinski definition) is 0. The summed E-state index contributed by atoms with van der Waals surface area (Å²) in [5.74, 6) is 11.2. The molecule has 0 atom stereocenters.